The van der Waals surface area contributed by atoms with Crippen molar-refractivity contribution in [3.63, 3.8) is 0 Å². The molecule has 0 amide bonds. The van der Waals surface area contributed by atoms with Crippen LogP contribution in [0, 0.1) is 6.92 Å². The van der Waals surface area contributed by atoms with Crippen LogP contribution in [-0.4, -0.2) is 56.8 Å². The molecule has 23 heavy (non-hydrogen) atoms. The molecular weight excluding hydrogens is 423 g/mol. The highest BCUT2D eigenvalue weighted by atomic mass is 127. The van der Waals surface area contributed by atoms with Gasteiger partial charge in [-0.25, -0.2) is 0 Å². The lowest BCUT2D eigenvalue weighted by Crippen LogP contribution is -2.41. The van der Waals surface area contributed by atoms with E-state index in [1.165, 1.54) is 9.75 Å². The highest BCUT2D eigenvalue weighted by Gasteiger charge is 2.23. The van der Waals surface area contributed by atoms with E-state index in [0.29, 0.717) is 6.04 Å². The molecule has 0 saturated carbocycles. The molecule has 132 valence electrons. The highest BCUT2D eigenvalue weighted by Crippen LogP contribution is 2.28. The molecule has 1 unspecified atom stereocenters. The lowest BCUT2D eigenvalue weighted by atomic mass is 10.2. The van der Waals surface area contributed by atoms with Crippen molar-refractivity contribution < 1.29 is 4.74 Å². The Hall–Kier alpha value is -0.380. The summed E-state index contributed by atoms with van der Waals surface area (Å²) in [6, 6.07) is 4.79. The predicted molar refractivity (Wildman–Crippen MR) is 109 cm³/mol. The fraction of sp³-hybridized carbons (Fsp3) is 0.688. The van der Waals surface area contributed by atoms with Gasteiger partial charge < -0.3 is 15.4 Å². The number of morpholine rings is 1. The largest absolute Gasteiger partial charge is 0.379 e. The molecule has 1 saturated heterocycles. The summed E-state index contributed by atoms with van der Waals surface area (Å²) >= 11 is 1.88. The summed E-state index contributed by atoms with van der Waals surface area (Å²) in [5.41, 5.74) is 0. The summed E-state index contributed by atoms with van der Waals surface area (Å²) in [6.07, 6.45) is 0. The number of aryl methyl sites for hydroxylation is 1. The first-order valence-electron chi connectivity index (χ1n) is 8.15. The Kier molecular flexibility index (Phi) is 10.1. The van der Waals surface area contributed by atoms with Crippen LogP contribution in [0.2, 0.25) is 0 Å². The van der Waals surface area contributed by atoms with Crippen LogP contribution in [0.3, 0.4) is 0 Å². The van der Waals surface area contributed by atoms with Crippen molar-refractivity contribution in [3.8, 4) is 0 Å². The van der Waals surface area contributed by atoms with Crippen molar-refractivity contribution in [3.05, 3.63) is 21.9 Å². The molecule has 1 aromatic heterocycles. The van der Waals surface area contributed by atoms with E-state index in [2.05, 4.69) is 48.4 Å². The van der Waals surface area contributed by atoms with E-state index < -0.39 is 0 Å². The second-order valence-electron chi connectivity index (χ2n) is 5.36. The maximum atomic E-state index is 5.49. The van der Waals surface area contributed by atoms with Crippen LogP contribution >= 0.6 is 35.3 Å². The zero-order valence-electron chi connectivity index (χ0n) is 14.3. The summed E-state index contributed by atoms with van der Waals surface area (Å²) in [5.74, 6) is 0.900. The van der Waals surface area contributed by atoms with Crippen molar-refractivity contribution >= 4 is 41.3 Å². The van der Waals surface area contributed by atoms with Gasteiger partial charge in [-0.1, -0.05) is 0 Å². The molecule has 1 aliphatic heterocycles. The maximum Gasteiger partial charge on any atom is 0.191 e. The van der Waals surface area contributed by atoms with Crippen LogP contribution in [0.4, 0.5) is 0 Å². The number of hydrogen-bond acceptors (Lipinski definition) is 4. The quantitative estimate of drug-likeness (QED) is 0.396. The lowest BCUT2D eigenvalue weighted by Gasteiger charge is -2.33. The Morgan fingerprint density at radius 1 is 1.26 bits per heavy atom. The number of thiophene rings is 1. The van der Waals surface area contributed by atoms with Crippen molar-refractivity contribution in [1.29, 1.82) is 0 Å². The van der Waals surface area contributed by atoms with Crippen LogP contribution in [-0.2, 0) is 4.74 Å². The molecule has 1 aromatic rings. The van der Waals surface area contributed by atoms with Gasteiger partial charge in [-0.3, -0.25) is 9.89 Å². The highest BCUT2D eigenvalue weighted by molar-refractivity contribution is 14.0. The van der Waals surface area contributed by atoms with Gasteiger partial charge in [0.2, 0.25) is 0 Å². The molecule has 1 atom stereocenters. The number of halogens is 1. The van der Waals surface area contributed by atoms with Gasteiger partial charge in [-0.05, 0) is 32.9 Å². The summed E-state index contributed by atoms with van der Waals surface area (Å²) in [5, 5.41) is 6.60. The van der Waals surface area contributed by atoms with Crippen LogP contribution < -0.4 is 10.6 Å². The third kappa shape index (κ3) is 6.56. The number of rotatable bonds is 6. The molecule has 0 aromatic carbocycles. The molecule has 1 fully saturated rings. The van der Waals surface area contributed by atoms with Crippen molar-refractivity contribution in [1.82, 2.24) is 15.5 Å². The first-order chi connectivity index (χ1) is 10.7. The number of guanidine groups is 1. The Morgan fingerprint density at radius 2 is 1.91 bits per heavy atom. The minimum Gasteiger partial charge on any atom is -0.379 e. The average Bonchev–Trinajstić information content (AvgIpc) is 2.95. The molecule has 0 aliphatic carbocycles. The summed E-state index contributed by atoms with van der Waals surface area (Å²) in [4.78, 5) is 10.0. The second-order valence-corrected chi connectivity index (χ2v) is 6.68. The van der Waals surface area contributed by atoms with E-state index in [-0.39, 0.29) is 24.0 Å². The van der Waals surface area contributed by atoms with Gasteiger partial charge in [0.15, 0.2) is 5.96 Å². The zero-order chi connectivity index (χ0) is 15.8. The molecule has 0 spiro atoms. The summed E-state index contributed by atoms with van der Waals surface area (Å²) < 4.78 is 5.49. The summed E-state index contributed by atoms with van der Waals surface area (Å²) in [7, 11) is 0. The standard InChI is InChI=1S/C16H28N4OS.HI/c1-4-17-16(18-5-2)19-12-14(15-7-6-13(3)22-15)20-8-10-21-11-9-20;/h6-7,14H,4-5,8-12H2,1-3H3,(H2,17,18,19);1H. The van der Waals surface area contributed by atoms with E-state index in [9.17, 15) is 0 Å². The van der Waals surface area contributed by atoms with Gasteiger partial charge in [0.05, 0.1) is 25.8 Å². The van der Waals surface area contributed by atoms with E-state index in [0.717, 1.165) is 51.9 Å². The second kappa shape index (κ2) is 11.2. The fourth-order valence-corrected chi connectivity index (χ4v) is 3.60. The fourth-order valence-electron chi connectivity index (χ4n) is 2.59. The zero-order valence-corrected chi connectivity index (χ0v) is 17.4. The first-order valence-corrected chi connectivity index (χ1v) is 8.96. The molecule has 2 N–H and O–H groups in total. The van der Waals surface area contributed by atoms with Gasteiger partial charge in [0.25, 0.3) is 0 Å². The molecule has 2 heterocycles. The minimum absolute atomic E-state index is 0. The number of hydrogen-bond donors (Lipinski definition) is 2. The first kappa shape index (κ1) is 20.7. The number of nitrogens with zero attached hydrogens (tertiary/aromatic N) is 2. The van der Waals surface area contributed by atoms with Crippen LogP contribution in [0.5, 0.6) is 0 Å². The smallest absolute Gasteiger partial charge is 0.191 e. The van der Waals surface area contributed by atoms with E-state index in [1.54, 1.807) is 0 Å². The van der Waals surface area contributed by atoms with E-state index >= 15 is 0 Å². The third-order valence-electron chi connectivity index (χ3n) is 3.69. The van der Waals surface area contributed by atoms with Crippen molar-refractivity contribution in [2.24, 2.45) is 4.99 Å². The van der Waals surface area contributed by atoms with Gasteiger partial charge in [0, 0.05) is 35.9 Å². The number of nitrogens with one attached hydrogen (secondary N) is 2. The van der Waals surface area contributed by atoms with Gasteiger partial charge >= 0.3 is 0 Å². The van der Waals surface area contributed by atoms with Crippen LogP contribution in [0.1, 0.15) is 29.6 Å². The monoisotopic (exact) mass is 452 g/mol. The maximum absolute atomic E-state index is 5.49. The van der Waals surface area contributed by atoms with Crippen molar-refractivity contribution in [2.45, 2.75) is 26.8 Å². The molecule has 0 bridgehead atoms. The molecule has 2 rings (SSSR count). The topological polar surface area (TPSA) is 48.9 Å². The Bertz CT molecular complexity index is 466. The van der Waals surface area contributed by atoms with E-state index in [1.807, 2.05) is 11.3 Å². The lowest BCUT2D eigenvalue weighted by molar-refractivity contribution is 0.0186. The normalized spacial score (nSPS) is 16.3. The van der Waals surface area contributed by atoms with Crippen LogP contribution in [0.25, 0.3) is 0 Å². The third-order valence-corrected chi connectivity index (χ3v) is 4.79. The number of ether oxygens (including phenoxy) is 1. The molecule has 0 radical (unpaired) electrons. The SMILES string of the molecule is CCNC(=NCC(c1ccc(C)s1)N1CCOCC1)NCC.I. The Balaban J connectivity index is 0.00000264. The van der Waals surface area contributed by atoms with E-state index in [4.69, 9.17) is 9.73 Å². The Labute approximate surface area is 160 Å². The predicted octanol–water partition coefficient (Wildman–Crippen LogP) is 2.62. The minimum atomic E-state index is 0. The van der Waals surface area contributed by atoms with Gasteiger partial charge in [-0.2, -0.15) is 0 Å². The van der Waals surface area contributed by atoms with Crippen LogP contribution in [0.15, 0.2) is 17.1 Å². The van der Waals surface area contributed by atoms with Gasteiger partial charge in [0.1, 0.15) is 0 Å². The molecule has 1 aliphatic rings. The van der Waals surface area contributed by atoms with Crippen molar-refractivity contribution in [2.75, 3.05) is 45.9 Å². The molecule has 7 heteroatoms. The average molecular weight is 452 g/mol. The van der Waals surface area contributed by atoms with Gasteiger partial charge in [-0.15, -0.1) is 35.3 Å². The molecule has 5 nitrogen and oxygen atoms in total. The number of aliphatic imine (C=N–C) groups is 1. The molecular formula is C16H29IN4OS. The Morgan fingerprint density at radius 3 is 2.43 bits per heavy atom. The summed E-state index contributed by atoms with van der Waals surface area (Å²) in [6.45, 7) is 12.5.